The van der Waals surface area contributed by atoms with Gasteiger partial charge in [-0.25, -0.2) is 15.0 Å². The fourth-order valence-electron chi connectivity index (χ4n) is 2.75. The first kappa shape index (κ1) is 14.7. The second-order valence-corrected chi connectivity index (χ2v) is 5.57. The maximum Gasteiger partial charge on any atom is 0.449 e. The molecular formula is C16H12F3N5. The predicted octanol–water partition coefficient (Wildman–Crippen LogP) is 3.93. The van der Waals surface area contributed by atoms with Crippen molar-refractivity contribution >= 4 is 22.2 Å². The number of hydrogen-bond donors (Lipinski definition) is 1. The van der Waals surface area contributed by atoms with Crippen LogP contribution in [0.5, 0.6) is 0 Å². The monoisotopic (exact) mass is 331 g/mol. The van der Waals surface area contributed by atoms with Crippen LogP contribution in [0.1, 0.15) is 17.3 Å². The van der Waals surface area contributed by atoms with Gasteiger partial charge in [-0.1, -0.05) is 0 Å². The summed E-state index contributed by atoms with van der Waals surface area (Å²) < 4.78 is 40.2. The molecule has 0 amide bonds. The number of rotatable bonds is 1. The third kappa shape index (κ3) is 2.22. The van der Waals surface area contributed by atoms with Gasteiger partial charge in [-0.2, -0.15) is 13.2 Å². The third-order valence-electron chi connectivity index (χ3n) is 3.80. The summed E-state index contributed by atoms with van der Waals surface area (Å²) in [6.07, 6.45) is -4.50. The van der Waals surface area contributed by atoms with Gasteiger partial charge in [-0.15, -0.1) is 0 Å². The Labute approximate surface area is 134 Å². The lowest BCUT2D eigenvalue weighted by molar-refractivity contribution is -0.144. The summed E-state index contributed by atoms with van der Waals surface area (Å²) in [7, 11) is 0. The zero-order valence-electron chi connectivity index (χ0n) is 12.8. The molecule has 5 nitrogen and oxygen atoms in total. The molecule has 0 spiro atoms. The minimum absolute atomic E-state index is 0.261. The number of aryl methyl sites for hydroxylation is 2. The summed E-state index contributed by atoms with van der Waals surface area (Å²) in [4.78, 5) is 14.9. The molecule has 0 radical (unpaired) electrons. The molecule has 0 unspecified atom stereocenters. The van der Waals surface area contributed by atoms with Crippen molar-refractivity contribution in [2.24, 2.45) is 0 Å². The maximum atomic E-state index is 12.8. The van der Waals surface area contributed by atoms with Crippen LogP contribution in [0.15, 0.2) is 30.3 Å². The molecule has 122 valence electrons. The first-order chi connectivity index (χ1) is 11.3. The van der Waals surface area contributed by atoms with E-state index in [0.717, 1.165) is 11.2 Å². The highest BCUT2D eigenvalue weighted by atomic mass is 19.4. The Kier molecular flexibility index (Phi) is 2.93. The maximum absolute atomic E-state index is 12.8. The largest absolute Gasteiger partial charge is 0.449 e. The van der Waals surface area contributed by atoms with E-state index in [-0.39, 0.29) is 5.52 Å². The summed E-state index contributed by atoms with van der Waals surface area (Å²) in [6.45, 7) is 3.70. The minimum Gasteiger partial charge on any atom is -0.334 e. The summed E-state index contributed by atoms with van der Waals surface area (Å²) >= 11 is 0. The summed E-state index contributed by atoms with van der Waals surface area (Å²) in [5.74, 6) is -0.297. The molecule has 4 rings (SSSR count). The molecule has 3 aromatic heterocycles. The van der Waals surface area contributed by atoms with Gasteiger partial charge in [0.15, 0.2) is 5.65 Å². The van der Waals surface area contributed by atoms with E-state index in [2.05, 4.69) is 19.9 Å². The van der Waals surface area contributed by atoms with Gasteiger partial charge in [0.2, 0.25) is 5.82 Å². The summed E-state index contributed by atoms with van der Waals surface area (Å²) in [6, 6.07) is 8.62. The summed E-state index contributed by atoms with van der Waals surface area (Å²) in [5, 5.41) is 0. The number of H-pyrrole nitrogens is 1. The van der Waals surface area contributed by atoms with Gasteiger partial charge in [-0.05, 0) is 44.2 Å². The van der Waals surface area contributed by atoms with Crippen LogP contribution in [0.2, 0.25) is 0 Å². The van der Waals surface area contributed by atoms with Crippen LogP contribution in [0, 0.1) is 13.8 Å². The van der Waals surface area contributed by atoms with Crippen LogP contribution in [0.25, 0.3) is 27.9 Å². The van der Waals surface area contributed by atoms with E-state index in [1.165, 1.54) is 0 Å². The average Bonchev–Trinajstić information content (AvgIpc) is 3.06. The van der Waals surface area contributed by atoms with E-state index in [9.17, 15) is 13.2 Å². The number of nitrogens with one attached hydrogen (secondary N) is 1. The molecule has 4 aromatic rings. The number of hydrogen-bond acceptors (Lipinski definition) is 3. The molecular weight excluding hydrogens is 319 g/mol. The second-order valence-electron chi connectivity index (χ2n) is 5.57. The molecule has 3 heterocycles. The third-order valence-corrected chi connectivity index (χ3v) is 3.80. The number of halogens is 3. The van der Waals surface area contributed by atoms with Crippen molar-refractivity contribution in [2.45, 2.75) is 20.0 Å². The number of pyridine rings is 1. The molecule has 1 aromatic carbocycles. The molecule has 0 atom stereocenters. The van der Waals surface area contributed by atoms with Gasteiger partial charge in [0.1, 0.15) is 11.3 Å². The van der Waals surface area contributed by atoms with Crippen molar-refractivity contribution < 1.29 is 13.2 Å². The van der Waals surface area contributed by atoms with Gasteiger partial charge < -0.3 is 4.98 Å². The zero-order valence-corrected chi connectivity index (χ0v) is 12.8. The smallest absolute Gasteiger partial charge is 0.334 e. The van der Waals surface area contributed by atoms with E-state index in [4.69, 9.17) is 0 Å². The Morgan fingerprint density at radius 3 is 2.46 bits per heavy atom. The van der Waals surface area contributed by atoms with E-state index in [1.807, 2.05) is 30.5 Å². The number of nitrogens with zero attached hydrogens (tertiary/aromatic N) is 4. The van der Waals surface area contributed by atoms with Crippen molar-refractivity contribution in [1.29, 1.82) is 0 Å². The Morgan fingerprint density at radius 2 is 1.71 bits per heavy atom. The quantitative estimate of drug-likeness (QED) is 0.575. The highest BCUT2D eigenvalue weighted by Gasteiger charge is 2.34. The van der Waals surface area contributed by atoms with E-state index in [1.54, 1.807) is 18.2 Å². The molecule has 0 aliphatic rings. The normalized spacial score (nSPS) is 12.4. The number of fused-ring (bicyclic) bond motifs is 2. The lowest BCUT2D eigenvalue weighted by Crippen LogP contribution is -2.06. The number of aromatic nitrogens is 5. The summed E-state index contributed by atoms with van der Waals surface area (Å²) in [5.41, 5.74) is 3.50. The van der Waals surface area contributed by atoms with Gasteiger partial charge in [-0.3, -0.25) is 4.57 Å². The molecule has 0 bridgehead atoms. The molecule has 0 saturated heterocycles. The van der Waals surface area contributed by atoms with Crippen LogP contribution in [-0.4, -0.2) is 24.5 Å². The highest BCUT2D eigenvalue weighted by molar-refractivity contribution is 5.80. The van der Waals surface area contributed by atoms with Crippen molar-refractivity contribution in [3.8, 4) is 5.69 Å². The van der Waals surface area contributed by atoms with Crippen molar-refractivity contribution in [1.82, 2.24) is 24.5 Å². The number of imidazole rings is 2. The highest BCUT2D eigenvalue weighted by Crippen LogP contribution is 2.29. The standard InChI is InChI=1S/C16H12F3N5/c1-8-3-5-12-14(20-8)24(9(2)21-12)10-4-6-11-13(7-10)23-15(22-11)16(17,18)19/h3-7H,1-2H3,(H,22,23). The van der Waals surface area contributed by atoms with Gasteiger partial charge in [0.05, 0.1) is 16.7 Å². The lowest BCUT2D eigenvalue weighted by atomic mass is 10.2. The van der Waals surface area contributed by atoms with E-state index < -0.39 is 12.0 Å². The molecule has 0 saturated carbocycles. The Hall–Kier alpha value is -2.90. The molecule has 0 fully saturated rings. The van der Waals surface area contributed by atoms with E-state index >= 15 is 0 Å². The minimum atomic E-state index is -4.50. The average molecular weight is 331 g/mol. The topological polar surface area (TPSA) is 59.4 Å². The van der Waals surface area contributed by atoms with Gasteiger partial charge in [0, 0.05) is 5.69 Å². The molecule has 0 aliphatic heterocycles. The van der Waals surface area contributed by atoms with Crippen molar-refractivity contribution in [2.75, 3.05) is 0 Å². The number of benzene rings is 1. The molecule has 0 aliphatic carbocycles. The van der Waals surface area contributed by atoms with Crippen LogP contribution in [0.3, 0.4) is 0 Å². The zero-order chi connectivity index (χ0) is 17.1. The molecule has 8 heteroatoms. The Morgan fingerprint density at radius 1 is 0.958 bits per heavy atom. The predicted molar refractivity (Wildman–Crippen MR) is 83.0 cm³/mol. The molecule has 1 N–H and O–H groups in total. The molecule has 24 heavy (non-hydrogen) atoms. The van der Waals surface area contributed by atoms with Crippen LogP contribution in [-0.2, 0) is 6.18 Å². The number of aromatic amines is 1. The van der Waals surface area contributed by atoms with Crippen LogP contribution in [0.4, 0.5) is 13.2 Å². The van der Waals surface area contributed by atoms with Gasteiger partial charge >= 0.3 is 6.18 Å². The fourth-order valence-corrected chi connectivity index (χ4v) is 2.75. The SMILES string of the molecule is Cc1ccc2nc(C)n(-c3ccc4nc(C(F)(F)F)[nH]c4c3)c2n1. The van der Waals surface area contributed by atoms with Crippen LogP contribution < -0.4 is 0 Å². The van der Waals surface area contributed by atoms with E-state index in [0.29, 0.717) is 22.7 Å². The Bertz CT molecular complexity index is 1070. The second kappa shape index (κ2) is 4.80. The van der Waals surface area contributed by atoms with Crippen molar-refractivity contribution in [3.05, 3.63) is 47.7 Å². The fraction of sp³-hybridized carbons (Fsp3) is 0.188. The van der Waals surface area contributed by atoms with Gasteiger partial charge in [0.25, 0.3) is 0 Å². The first-order valence-corrected chi connectivity index (χ1v) is 7.23. The Balaban J connectivity index is 1.94. The first-order valence-electron chi connectivity index (χ1n) is 7.23. The van der Waals surface area contributed by atoms with Crippen LogP contribution >= 0.6 is 0 Å². The van der Waals surface area contributed by atoms with Crippen molar-refractivity contribution in [3.63, 3.8) is 0 Å². The number of alkyl halides is 3. The lowest BCUT2D eigenvalue weighted by Gasteiger charge is -2.06.